The van der Waals surface area contributed by atoms with Crippen LogP contribution in [-0.2, 0) is 0 Å². The maximum Gasteiger partial charge on any atom is 0.0648 e. The molecule has 1 rings (SSSR count). The summed E-state index contributed by atoms with van der Waals surface area (Å²) in [6.45, 7) is 1.00. The quantitative estimate of drug-likeness (QED) is 0.595. The highest BCUT2D eigenvalue weighted by Gasteiger charge is 1.99. The summed E-state index contributed by atoms with van der Waals surface area (Å²) in [4.78, 5) is 0. The number of hydrogen-bond donors (Lipinski definition) is 1. The summed E-state index contributed by atoms with van der Waals surface area (Å²) in [5.41, 5.74) is 1.04. The van der Waals surface area contributed by atoms with E-state index in [-0.39, 0.29) is 0 Å². The molecule has 0 spiro atoms. The van der Waals surface area contributed by atoms with Crippen LogP contribution in [0, 0.1) is 3.57 Å². The molecule has 1 aromatic rings. The van der Waals surface area contributed by atoms with E-state index >= 15 is 0 Å². The average molecular weight is 356 g/mol. The lowest BCUT2D eigenvalue weighted by molar-refractivity contribution is 0.843. The van der Waals surface area contributed by atoms with Gasteiger partial charge in [0.05, 0.1) is 10.7 Å². The fourth-order valence-corrected chi connectivity index (χ4v) is 2.64. The first-order valence-corrected chi connectivity index (χ1v) is 7.77. The number of anilines is 1. The molecule has 0 aliphatic heterocycles. The van der Waals surface area contributed by atoms with E-state index < -0.39 is 0 Å². The van der Waals surface area contributed by atoms with Crippen LogP contribution in [0.25, 0.3) is 0 Å². The van der Waals surface area contributed by atoms with Gasteiger partial charge >= 0.3 is 0 Å². The summed E-state index contributed by atoms with van der Waals surface area (Å²) in [5, 5.41) is 4.17. The summed E-state index contributed by atoms with van der Waals surface area (Å²) in [6.07, 6.45) is 4.60. The Morgan fingerprint density at radius 3 is 2.87 bits per heavy atom. The first-order chi connectivity index (χ1) is 7.24. The molecule has 0 atom stereocenters. The molecule has 0 bridgehead atoms. The third-order valence-corrected chi connectivity index (χ3v) is 3.70. The second-order valence-electron chi connectivity index (χ2n) is 3.25. The summed E-state index contributed by atoms with van der Waals surface area (Å²) in [7, 11) is 0. The van der Waals surface area contributed by atoms with E-state index in [9.17, 15) is 0 Å². The first-order valence-electron chi connectivity index (χ1n) is 4.92. The molecule has 15 heavy (non-hydrogen) atoms. The molecular weight excluding hydrogens is 341 g/mol. The van der Waals surface area contributed by atoms with E-state index in [0.717, 1.165) is 17.3 Å². The van der Waals surface area contributed by atoms with Gasteiger partial charge in [0.1, 0.15) is 0 Å². The number of nitrogens with one attached hydrogen (secondary N) is 1. The largest absolute Gasteiger partial charge is 0.384 e. The molecule has 0 amide bonds. The van der Waals surface area contributed by atoms with Gasteiger partial charge in [-0.25, -0.2) is 0 Å². The molecule has 0 radical (unpaired) electrons. The number of unbranched alkanes of at least 4 members (excludes halogenated alkanes) is 1. The van der Waals surface area contributed by atoms with Crippen LogP contribution in [0.15, 0.2) is 18.2 Å². The Morgan fingerprint density at radius 1 is 1.40 bits per heavy atom. The van der Waals surface area contributed by atoms with Crippen LogP contribution in [0.5, 0.6) is 0 Å². The van der Waals surface area contributed by atoms with E-state index in [1.54, 1.807) is 0 Å². The Labute approximate surface area is 114 Å². The van der Waals surface area contributed by atoms with Crippen molar-refractivity contribution in [3.8, 4) is 0 Å². The van der Waals surface area contributed by atoms with Crippen molar-refractivity contribution in [2.24, 2.45) is 0 Å². The third kappa shape index (κ3) is 5.31. The van der Waals surface area contributed by atoms with Crippen molar-refractivity contribution in [3.05, 3.63) is 26.8 Å². The zero-order valence-electron chi connectivity index (χ0n) is 8.72. The van der Waals surface area contributed by atoms with Gasteiger partial charge in [0.15, 0.2) is 0 Å². The molecule has 0 heterocycles. The molecule has 0 aliphatic rings. The van der Waals surface area contributed by atoms with E-state index in [0.29, 0.717) is 0 Å². The lowest BCUT2D eigenvalue weighted by Gasteiger charge is -2.08. The van der Waals surface area contributed by atoms with Gasteiger partial charge in [-0.15, -0.1) is 0 Å². The maximum absolute atomic E-state index is 6.10. The standard InChI is InChI=1S/C11H15ClINS/c1-15-7-3-2-6-14-11-5-4-9(13)8-10(11)12/h4-5,8,14H,2-3,6-7H2,1H3. The molecule has 0 fully saturated rings. The minimum atomic E-state index is 0.812. The highest BCUT2D eigenvalue weighted by molar-refractivity contribution is 14.1. The van der Waals surface area contributed by atoms with Crippen molar-refractivity contribution in [2.75, 3.05) is 23.9 Å². The van der Waals surface area contributed by atoms with Crippen LogP contribution in [0.4, 0.5) is 5.69 Å². The van der Waals surface area contributed by atoms with Crippen molar-refractivity contribution in [1.82, 2.24) is 0 Å². The number of hydrogen-bond acceptors (Lipinski definition) is 2. The van der Waals surface area contributed by atoms with Crippen molar-refractivity contribution >= 4 is 51.6 Å². The molecule has 1 N–H and O–H groups in total. The van der Waals surface area contributed by atoms with Crippen LogP contribution >= 0.6 is 46.0 Å². The predicted molar refractivity (Wildman–Crippen MR) is 80.3 cm³/mol. The Hall–Kier alpha value is 0.390. The fourth-order valence-electron chi connectivity index (χ4n) is 1.23. The molecule has 0 saturated carbocycles. The van der Waals surface area contributed by atoms with Crippen LogP contribution in [0.2, 0.25) is 5.02 Å². The number of benzene rings is 1. The minimum absolute atomic E-state index is 0.812. The molecule has 1 nitrogen and oxygen atoms in total. The highest BCUT2D eigenvalue weighted by atomic mass is 127. The van der Waals surface area contributed by atoms with Gasteiger partial charge in [-0.05, 0) is 65.6 Å². The third-order valence-electron chi connectivity index (χ3n) is 2.02. The monoisotopic (exact) mass is 355 g/mol. The molecule has 0 aromatic heterocycles. The zero-order chi connectivity index (χ0) is 11.1. The summed E-state index contributed by atoms with van der Waals surface area (Å²) in [6, 6.07) is 6.09. The van der Waals surface area contributed by atoms with Gasteiger partial charge in [0, 0.05) is 10.1 Å². The average Bonchev–Trinajstić information content (AvgIpc) is 2.20. The smallest absolute Gasteiger partial charge is 0.0648 e. The summed E-state index contributed by atoms with van der Waals surface area (Å²) < 4.78 is 1.17. The Morgan fingerprint density at radius 2 is 2.20 bits per heavy atom. The normalized spacial score (nSPS) is 10.3. The lowest BCUT2D eigenvalue weighted by Crippen LogP contribution is -2.02. The molecule has 0 saturated heterocycles. The fraction of sp³-hybridized carbons (Fsp3) is 0.455. The molecule has 0 aliphatic carbocycles. The molecular formula is C11H15ClINS. The number of halogens is 2. The SMILES string of the molecule is CSCCCCNc1ccc(I)cc1Cl. The Balaban J connectivity index is 2.31. The van der Waals surface area contributed by atoms with Gasteiger partial charge in [-0.1, -0.05) is 11.6 Å². The van der Waals surface area contributed by atoms with Gasteiger partial charge in [0.2, 0.25) is 0 Å². The second-order valence-corrected chi connectivity index (χ2v) is 5.89. The molecule has 4 heteroatoms. The topological polar surface area (TPSA) is 12.0 Å². The van der Waals surface area contributed by atoms with E-state index in [2.05, 4.69) is 40.2 Å². The minimum Gasteiger partial charge on any atom is -0.384 e. The van der Waals surface area contributed by atoms with Crippen LogP contribution in [-0.4, -0.2) is 18.6 Å². The lowest BCUT2D eigenvalue weighted by atomic mass is 10.3. The van der Waals surface area contributed by atoms with Crippen LogP contribution in [0.3, 0.4) is 0 Å². The highest BCUT2D eigenvalue weighted by Crippen LogP contribution is 2.23. The summed E-state index contributed by atoms with van der Waals surface area (Å²) >= 11 is 10.3. The van der Waals surface area contributed by atoms with E-state index in [4.69, 9.17) is 11.6 Å². The molecule has 84 valence electrons. The van der Waals surface area contributed by atoms with Crippen molar-refractivity contribution in [2.45, 2.75) is 12.8 Å². The number of thioether (sulfide) groups is 1. The number of rotatable bonds is 6. The van der Waals surface area contributed by atoms with Gasteiger partial charge in [-0.3, -0.25) is 0 Å². The van der Waals surface area contributed by atoms with Crippen molar-refractivity contribution < 1.29 is 0 Å². The zero-order valence-corrected chi connectivity index (χ0v) is 12.5. The molecule has 0 unspecified atom stereocenters. The van der Waals surface area contributed by atoms with Crippen molar-refractivity contribution in [1.29, 1.82) is 0 Å². The van der Waals surface area contributed by atoms with E-state index in [1.807, 2.05) is 23.9 Å². The van der Waals surface area contributed by atoms with Gasteiger partial charge in [-0.2, -0.15) is 11.8 Å². The Bertz CT molecular complexity index is 307. The second kappa shape index (κ2) is 7.63. The van der Waals surface area contributed by atoms with Crippen LogP contribution in [0.1, 0.15) is 12.8 Å². The predicted octanol–water partition coefficient (Wildman–Crippen LogP) is 4.50. The molecule has 1 aromatic carbocycles. The van der Waals surface area contributed by atoms with Gasteiger partial charge < -0.3 is 5.32 Å². The summed E-state index contributed by atoms with van der Waals surface area (Å²) in [5.74, 6) is 1.24. The maximum atomic E-state index is 6.10. The Kier molecular flexibility index (Phi) is 6.84. The first kappa shape index (κ1) is 13.5. The van der Waals surface area contributed by atoms with Gasteiger partial charge in [0.25, 0.3) is 0 Å². The van der Waals surface area contributed by atoms with Crippen LogP contribution < -0.4 is 5.32 Å². The van der Waals surface area contributed by atoms with Crippen molar-refractivity contribution in [3.63, 3.8) is 0 Å². The van der Waals surface area contributed by atoms with E-state index in [1.165, 1.54) is 22.2 Å².